The van der Waals surface area contributed by atoms with Gasteiger partial charge in [0.25, 0.3) is 5.56 Å². The monoisotopic (exact) mass is 313 g/mol. The van der Waals surface area contributed by atoms with Crippen LogP contribution in [0.15, 0.2) is 23.3 Å². The highest BCUT2D eigenvalue weighted by atomic mass is 35.5. The van der Waals surface area contributed by atoms with Gasteiger partial charge in [0.2, 0.25) is 0 Å². The van der Waals surface area contributed by atoms with E-state index in [1.54, 1.807) is 23.0 Å². The average Bonchev–Trinajstić information content (AvgIpc) is 2.42. The van der Waals surface area contributed by atoms with E-state index in [1.165, 1.54) is 0 Å². The number of fused-ring (bicyclic) bond motifs is 1. The van der Waals surface area contributed by atoms with E-state index in [9.17, 15) is 4.79 Å². The molecule has 1 heterocycles. The van der Waals surface area contributed by atoms with E-state index >= 15 is 0 Å². The number of hydrogen-bond donors (Lipinski definition) is 0. The van der Waals surface area contributed by atoms with Crippen LogP contribution in [-0.4, -0.2) is 34.1 Å². The molecule has 0 radical (unpaired) electrons. The maximum absolute atomic E-state index is 12.4. The van der Waals surface area contributed by atoms with E-state index in [1.807, 2.05) is 0 Å². The van der Waals surface area contributed by atoms with E-state index in [2.05, 4.69) is 23.7 Å². The first-order valence-electron chi connectivity index (χ1n) is 6.63. The van der Waals surface area contributed by atoms with Crippen molar-refractivity contribution in [2.75, 3.05) is 19.6 Å². The molecule has 108 valence electrons. The van der Waals surface area contributed by atoms with Gasteiger partial charge in [0, 0.05) is 18.1 Å². The summed E-state index contributed by atoms with van der Waals surface area (Å²) < 4.78 is 1.60. The predicted octanol–water partition coefficient (Wildman–Crippen LogP) is 3.05. The SMILES string of the molecule is CCN(CC)CCn1cnc2c(Cl)cc(Cl)cc2c1=O. The average molecular weight is 314 g/mol. The molecule has 0 aliphatic heterocycles. The van der Waals surface area contributed by atoms with Crippen molar-refractivity contribution in [3.63, 3.8) is 0 Å². The Bertz CT molecular complexity index is 665. The minimum Gasteiger partial charge on any atom is -0.302 e. The molecule has 0 atom stereocenters. The standard InChI is InChI=1S/C14H17Cl2N3O/c1-3-18(4-2)5-6-19-9-17-13-11(14(19)20)7-10(15)8-12(13)16/h7-9H,3-6H2,1-2H3. The summed E-state index contributed by atoms with van der Waals surface area (Å²) in [5.74, 6) is 0. The lowest BCUT2D eigenvalue weighted by Gasteiger charge is -2.18. The lowest BCUT2D eigenvalue weighted by atomic mass is 10.2. The lowest BCUT2D eigenvalue weighted by Crippen LogP contribution is -2.31. The molecule has 0 unspecified atom stereocenters. The van der Waals surface area contributed by atoms with Crippen LogP contribution >= 0.6 is 23.2 Å². The van der Waals surface area contributed by atoms with Gasteiger partial charge in [-0.3, -0.25) is 9.36 Å². The molecule has 2 aromatic rings. The number of benzene rings is 1. The van der Waals surface area contributed by atoms with E-state index in [0.29, 0.717) is 27.5 Å². The van der Waals surface area contributed by atoms with Crippen molar-refractivity contribution in [1.29, 1.82) is 0 Å². The normalized spacial score (nSPS) is 11.4. The van der Waals surface area contributed by atoms with E-state index in [4.69, 9.17) is 23.2 Å². The maximum atomic E-state index is 12.4. The molecule has 4 nitrogen and oxygen atoms in total. The van der Waals surface area contributed by atoms with Gasteiger partial charge in [-0.2, -0.15) is 0 Å². The molecular weight excluding hydrogens is 297 g/mol. The topological polar surface area (TPSA) is 38.1 Å². The van der Waals surface area contributed by atoms with Crippen molar-refractivity contribution in [3.05, 3.63) is 38.9 Å². The summed E-state index contributed by atoms with van der Waals surface area (Å²) in [5.41, 5.74) is 0.395. The summed E-state index contributed by atoms with van der Waals surface area (Å²) in [6.45, 7) is 7.55. The second kappa shape index (κ2) is 6.57. The van der Waals surface area contributed by atoms with Crippen LogP contribution in [0.3, 0.4) is 0 Å². The fraction of sp³-hybridized carbons (Fsp3) is 0.429. The largest absolute Gasteiger partial charge is 0.302 e. The van der Waals surface area contributed by atoms with E-state index in [-0.39, 0.29) is 5.56 Å². The van der Waals surface area contributed by atoms with Gasteiger partial charge in [-0.05, 0) is 25.2 Å². The Morgan fingerprint density at radius 3 is 2.60 bits per heavy atom. The minimum absolute atomic E-state index is 0.105. The molecule has 6 heteroatoms. The molecule has 0 saturated carbocycles. The van der Waals surface area contributed by atoms with Gasteiger partial charge in [-0.25, -0.2) is 4.98 Å². The van der Waals surface area contributed by atoms with Crippen LogP contribution in [0.2, 0.25) is 10.0 Å². The van der Waals surface area contributed by atoms with Gasteiger partial charge in [0.1, 0.15) is 0 Å². The Balaban J connectivity index is 2.37. The zero-order chi connectivity index (χ0) is 14.7. The first-order chi connectivity index (χ1) is 9.56. The van der Waals surface area contributed by atoms with Crippen LogP contribution in [0.5, 0.6) is 0 Å². The number of nitrogens with zero attached hydrogens (tertiary/aromatic N) is 3. The predicted molar refractivity (Wildman–Crippen MR) is 83.8 cm³/mol. The summed E-state index contributed by atoms with van der Waals surface area (Å²) in [4.78, 5) is 18.9. The van der Waals surface area contributed by atoms with Gasteiger partial charge in [0.15, 0.2) is 0 Å². The third-order valence-electron chi connectivity index (χ3n) is 3.40. The summed E-state index contributed by atoms with van der Waals surface area (Å²) in [6.07, 6.45) is 1.55. The number of likely N-dealkylation sites (N-methyl/N-ethyl adjacent to an activating group) is 1. The molecule has 0 saturated heterocycles. The molecule has 1 aromatic carbocycles. The molecule has 0 fully saturated rings. The Morgan fingerprint density at radius 1 is 1.25 bits per heavy atom. The summed E-state index contributed by atoms with van der Waals surface area (Å²) >= 11 is 12.0. The second-order valence-electron chi connectivity index (χ2n) is 4.55. The third-order valence-corrected chi connectivity index (χ3v) is 3.90. The number of halogens is 2. The van der Waals surface area contributed by atoms with E-state index in [0.717, 1.165) is 19.6 Å². The van der Waals surface area contributed by atoms with Crippen molar-refractivity contribution in [1.82, 2.24) is 14.5 Å². The van der Waals surface area contributed by atoms with Crippen LogP contribution in [0, 0.1) is 0 Å². The molecule has 0 bridgehead atoms. The highest BCUT2D eigenvalue weighted by molar-refractivity contribution is 6.38. The smallest absolute Gasteiger partial charge is 0.261 e. The van der Waals surface area contributed by atoms with Gasteiger partial charge >= 0.3 is 0 Å². The van der Waals surface area contributed by atoms with Crippen molar-refractivity contribution in [2.45, 2.75) is 20.4 Å². The zero-order valence-corrected chi connectivity index (χ0v) is 13.1. The zero-order valence-electron chi connectivity index (χ0n) is 11.6. The summed E-state index contributed by atoms with van der Waals surface area (Å²) in [5, 5.41) is 1.31. The van der Waals surface area contributed by atoms with Gasteiger partial charge < -0.3 is 4.90 Å². The van der Waals surface area contributed by atoms with Gasteiger partial charge in [0.05, 0.1) is 22.3 Å². The van der Waals surface area contributed by atoms with Crippen molar-refractivity contribution in [3.8, 4) is 0 Å². The Morgan fingerprint density at radius 2 is 1.95 bits per heavy atom. The first-order valence-corrected chi connectivity index (χ1v) is 7.39. The van der Waals surface area contributed by atoms with Crippen LogP contribution in [-0.2, 0) is 6.54 Å². The molecule has 0 spiro atoms. The molecule has 0 amide bonds. The molecular formula is C14H17Cl2N3O. The van der Waals surface area contributed by atoms with Crippen molar-refractivity contribution in [2.24, 2.45) is 0 Å². The second-order valence-corrected chi connectivity index (χ2v) is 5.40. The summed E-state index contributed by atoms with van der Waals surface area (Å²) in [7, 11) is 0. The third kappa shape index (κ3) is 3.14. The van der Waals surface area contributed by atoms with Crippen LogP contribution in [0.1, 0.15) is 13.8 Å². The molecule has 0 aliphatic rings. The van der Waals surface area contributed by atoms with E-state index < -0.39 is 0 Å². The molecule has 0 N–H and O–H groups in total. The lowest BCUT2D eigenvalue weighted by molar-refractivity contribution is 0.289. The van der Waals surface area contributed by atoms with Gasteiger partial charge in [-0.15, -0.1) is 0 Å². The molecule has 2 rings (SSSR count). The van der Waals surface area contributed by atoms with Crippen LogP contribution in [0.25, 0.3) is 10.9 Å². The molecule has 20 heavy (non-hydrogen) atoms. The van der Waals surface area contributed by atoms with Gasteiger partial charge in [-0.1, -0.05) is 37.0 Å². The molecule has 0 aliphatic carbocycles. The fourth-order valence-electron chi connectivity index (χ4n) is 2.14. The Kier molecular flexibility index (Phi) is 5.02. The number of hydrogen-bond acceptors (Lipinski definition) is 3. The quantitative estimate of drug-likeness (QED) is 0.851. The Hall–Kier alpha value is -1.10. The highest BCUT2D eigenvalue weighted by Crippen LogP contribution is 2.23. The van der Waals surface area contributed by atoms with Crippen LogP contribution < -0.4 is 5.56 Å². The van der Waals surface area contributed by atoms with Crippen molar-refractivity contribution < 1.29 is 0 Å². The number of aromatic nitrogens is 2. The number of rotatable bonds is 5. The Labute approximate surface area is 127 Å². The minimum atomic E-state index is -0.105. The molecule has 1 aromatic heterocycles. The highest BCUT2D eigenvalue weighted by Gasteiger charge is 2.09. The maximum Gasteiger partial charge on any atom is 0.261 e. The van der Waals surface area contributed by atoms with Crippen LogP contribution in [0.4, 0.5) is 0 Å². The summed E-state index contributed by atoms with van der Waals surface area (Å²) in [6, 6.07) is 3.21. The first kappa shape index (κ1) is 15.3. The fourth-order valence-corrected chi connectivity index (χ4v) is 2.69. The van der Waals surface area contributed by atoms with Crippen molar-refractivity contribution >= 4 is 34.1 Å².